The second kappa shape index (κ2) is 10.4. The Morgan fingerprint density at radius 3 is 2.35 bits per heavy atom. The van der Waals surface area contributed by atoms with Gasteiger partial charge in [0.25, 0.3) is 11.8 Å². The van der Waals surface area contributed by atoms with Crippen LogP contribution in [0.25, 0.3) is 0 Å². The van der Waals surface area contributed by atoms with Gasteiger partial charge in [0.1, 0.15) is 6.04 Å². The van der Waals surface area contributed by atoms with Crippen molar-refractivity contribution in [3.8, 4) is 11.8 Å². The Labute approximate surface area is 136 Å². The van der Waals surface area contributed by atoms with E-state index in [1.54, 1.807) is 24.3 Å². The minimum absolute atomic E-state index is 0. The molecule has 0 aliphatic heterocycles. The van der Waals surface area contributed by atoms with Crippen molar-refractivity contribution < 1.29 is 19.9 Å². The summed E-state index contributed by atoms with van der Waals surface area (Å²) in [6, 6.07) is 5.35. The third-order valence-corrected chi connectivity index (χ3v) is 2.92. The quantitative estimate of drug-likeness (QED) is 0.375. The van der Waals surface area contributed by atoms with E-state index in [2.05, 4.69) is 17.2 Å². The predicted octanol–water partition coefficient (Wildman–Crippen LogP) is 1.46. The van der Waals surface area contributed by atoms with Crippen molar-refractivity contribution in [3.05, 3.63) is 35.4 Å². The zero-order valence-electron chi connectivity index (χ0n) is 12.6. The highest BCUT2D eigenvalue weighted by atomic mass is 16.5. The maximum Gasteiger partial charge on any atom is 0.268 e. The monoisotopic (exact) mass is 320 g/mol. The Hall–Kier alpha value is -2.36. The van der Waals surface area contributed by atoms with Crippen molar-refractivity contribution in [2.24, 2.45) is 0 Å². The molecule has 2 amide bonds. The van der Waals surface area contributed by atoms with Gasteiger partial charge in [0, 0.05) is 17.5 Å². The smallest absolute Gasteiger partial charge is 0.268 e. The van der Waals surface area contributed by atoms with Crippen molar-refractivity contribution in [3.63, 3.8) is 0 Å². The maximum absolute atomic E-state index is 12.0. The van der Waals surface area contributed by atoms with Gasteiger partial charge < -0.3 is 10.4 Å². The third-order valence-electron chi connectivity index (χ3n) is 2.92. The number of aliphatic hydroxyl groups excluding tert-OH is 1. The molecule has 0 radical (unpaired) electrons. The summed E-state index contributed by atoms with van der Waals surface area (Å²) in [6.07, 6.45) is 0.658. The van der Waals surface area contributed by atoms with E-state index in [1.807, 2.05) is 6.92 Å². The van der Waals surface area contributed by atoms with Crippen LogP contribution in [-0.4, -0.2) is 34.3 Å². The van der Waals surface area contributed by atoms with Gasteiger partial charge in [-0.15, -0.1) is 0 Å². The van der Waals surface area contributed by atoms with Crippen LogP contribution in [0.2, 0.25) is 0 Å². The van der Waals surface area contributed by atoms with Crippen LogP contribution in [0.4, 0.5) is 0 Å². The van der Waals surface area contributed by atoms with Crippen LogP contribution in [0.5, 0.6) is 0 Å². The van der Waals surface area contributed by atoms with Gasteiger partial charge in [-0.25, -0.2) is 5.48 Å². The minimum Gasteiger partial charge on any atom is -0.391 e. The molecule has 0 saturated heterocycles. The average molecular weight is 320 g/mol. The van der Waals surface area contributed by atoms with E-state index in [1.165, 1.54) is 12.4 Å². The van der Waals surface area contributed by atoms with E-state index >= 15 is 0 Å². The molecule has 1 aromatic carbocycles. The maximum atomic E-state index is 12.0. The Morgan fingerprint density at radius 2 is 1.87 bits per heavy atom. The molecule has 0 aliphatic rings. The fourth-order valence-electron chi connectivity index (χ4n) is 1.69. The summed E-state index contributed by atoms with van der Waals surface area (Å²) in [5.41, 5.74) is 2.54. The van der Waals surface area contributed by atoms with E-state index in [0.717, 1.165) is 18.4 Å². The van der Waals surface area contributed by atoms with Gasteiger partial charge in [0.2, 0.25) is 0 Å². The Kier molecular flexibility index (Phi) is 9.31. The van der Waals surface area contributed by atoms with E-state index in [-0.39, 0.29) is 7.43 Å². The molecular weight excluding hydrogens is 296 g/mol. The molecule has 0 heterocycles. The number of aliphatic hydroxyl groups is 1. The topological polar surface area (TPSA) is 98.7 Å². The number of benzene rings is 1. The highest BCUT2D eigenvalue weighted by molar-refractivity contribution is 5.97. The lowest BCUT2D eigenvalue weighted by atomic mass is 10.1. The van der Waals surface area contributed by atoms with Crippen LogP contribution in [0.15, 0.2) is 24.3 Å². The molecule has 1 aromatic rings. The van der Waals surface area contributed by atoms with Crippen LogP contribution in [0.1, 0.15) is 50.0 Å². The second-order valence-electron chi connectivity index (χ2n) is 4.80. The fraction of sp³-hybridized carbons (Fsp3) is 0.412. The number of rotatable bonds is 5. The zero-order valence-corrected chi connectivity index (χ0v) is 12.6. The van der Waals surface area contributed by atoms with Gasteiger partial charge in [0.05, 0.1) is 6.10 Å². The third kappa shape index (κ3) is 6.51. The molecule has 0 aliphatic carbocycles. The molecule has 23 heavy (non-hydrogen) atoms. The van der Waals surface area contributed by atoms with Crippen molar-refractivity contribution in [2.75, 3.05) is 0 Å². The first-order chi connectivity index (χ1) is 10.5. The van der Waals surface area contributed by atoms with E-state index in [9.17, 15) is 14.7 Å². The molecule has 126 valence electrons. The van der Waals surface area contributed by atoms with Crippen molar-refractivity contribution >= 4 is 11.8 Å². The first-order valence-electron chi connectivity index (χ1n) is 7.01. The predicted molar refractivity (Wildman–Crippen MR) is 87.8 cm³/mol. The van der Waals surface area contributed by atoms with Crippen LogP contribution >= 0.6 is 0 Å². The number of carbonyl (C=O) groups excluding carboxylic acids is 2. The van der Waals surface area contributed by atoms with Gasteiger partial charge in [0.15, 0.2) is 0 Å². The standard InChI is InChI=1S/C16H20N2O4.CH4/c1-3-4-5-6-12-7-9-13(10-8-12)15(20)17-14(11(2)19)16(21)18-22;/h7-11,14,19,22H,3-4H2,1-2H3,(H,17,20)(H,18,21);1H4/t11-,14+;/m1./s1. The molecular formula is C17H24N2O4. The number of amides is 2. The summed E-state index contributed by atoms with van der Waals surface area (Å²) in [4.78, 5) is 23.4. The van der Waals surface area contributed by atoms with Crippen LogP contribution in [0.3, 0.4) is 0 Å². The minimum atomic E-state index is -1.23. The number of nitrogens with one attached hydrogen (secondary N) is 2. The van der Waals surface area contributed by atoms with Gasteiger partial charge in [-0.05, 0) is 37.6 Å². The lowest BCUT2D eigenvalue weighted by molar-refractivity contribution is -0.133. The molecule has 6 nitrogen and oxygen atoms in total. The van der Waals surface area contributed by atoms with Gasteiger partial charge in [-0.1, -0.05) is 26.2 Å². The number of unbranched alkanes of at least 4 members (excludes halogenated alkanes) is 1. The van der Waals surface area contributed by atoms with Gasteiger partial charge in [-0.2, -0.15) is 0 Å². The van der Waals surface area contributed by atoms with E-state index in [0.29, 0.717) is 5.56 Å². The van der Waals surface area contributed by atoms with Crippen molar-refractivity contribution in [1.29, 1.82) is 0 Å². The molecule has 0 saturated carbocycles. The summed E-state index contributed by atoms with van der Waals surface area (Å²) >= 11 is 0. The molecule has 0 unspecified atom stereocenters. The highest BCUT2D eigenvalue weighted by Gasteiger charge is 2.25. The van der Waals surface area contributed by atoms with Gasteiger partial charge >= 0.3 is 0 Å². The van der Waals surface area contributed by atoms with Gasteiger partial charge in [-0.3, -0.25) is 14.8 Å². The average Bonchev–Trinajstić information content (AvgIpc) is 2.52. The van der Waals surface area contributed by atoms with Crippen LogP contribution < -0.4 is 10.8 Å². The van der Waals surface area contributed by atoms with Crippen molar-refractivity contribution in [2.45, 2.75) is 46.3 Å². The fourth-order valence-corrected chi connectivity index (χ4v) is 1.69. The number of carbonyl (C=O) groups is 2. The Morgan fingerprint density at radius 1 is 1.26 bits per heavy atom. The largest absolute Gasteiger partial charge is 0.391 e. The number of hydrogen-bond acceptors (Lipinski definition) is 4. The molecule has 0 bridgehead atoms. The molecule has 6 heteroatoms. The Bertz CT molecular complexity index is 570. The summed E-state index contributed by atoms with van der Waals surface area (Å²) in [5, 5.41) is 20.4. The SMILES string of the molecule is C.CCCC#Cc1ccc(C(=O)N[C@H](C(=O)NO)[C@@H](C)O)cc1. The number of hydroxylamine groups is 1. The molecule has 2 atom stereocenters. The summed E-state index contributed by atoms with van der Waals surface area (Å²) in [5.74, 6) is 4.58. The highest BCUT2D eigenvalue weighted by Crippen LogP contribution is 2.05. The summed E-state index contributed by atoms with van der Waals surface area (Å²) < 4.78 is 0. The van der Waals surface area contributed by atoms with Crippen LogP contribution in [-0.2, 0) is 4.79 Å². The molecule has 0 aromatic heterocycles. The van der Waals surface area contributed by atoms with E-state index < -0.39 is 24.0 Å². The first-order valence-corrected chi connectivity index (χ1v) is 7.01. The van der Waals surface area contributed by atoms with Crippen LogP contribution in [0, 0.1) is 11.8 Å². The molecule has 0 fully saturated rings. The van der Waals surface area contributed by atoms with Crippen molar-refractivity contribution in [1.82, 2.24) is 10.8 Å². The normalized spacial score (nSPS) is 12.0. The van der Waals surface area contributed by atoms with E-state index in [4.69, 9.17) is 5.21 Å². The lowest BCUT2D eigenvalue weighted by Gasteiger charge is -2.19. The molecule has 0 spiro atoms. The number of hydrogen-bond donors (Lipinski definition) is 4. The Balaban J connectivity index is 0.00000484. The first kappa shape index (κ1) is 20.6. The summed E-state index contributed by atoms with van der Waals surface area (Å²) in [6.45, 7) is 3.38. The second-order valence-corrected chi connectivity index (χ2v) is 4.80. The zero-order chi connectivity index (χ0) is 16.5. The molecule has 4 N–H and O–H groups in total. The lowest BCUT2D eigenvalue weighted by Crippen LogP contribution is -2.51. The molecule has 1 rings (SSSR count). The summed E-state index contributed by atoms with van der Waals surface area (Å²) in [7, 11) is 0.